The molecule has 0 aliphatic carbocycles. The molecule has 0 aliphatic rings. The van der Waals surface area contributed by atoms with E-state index in [9.17, 15) is 0 Å². The molecule has 1 atom stereocenters. The van der Waals surface area contributed by atoms with Crippen LogP contribution in [0.15, 0.2) is 28.7 Å². The van der Waals surface area contributed by atoms with Crippen LogP contribution in [0.1, 0.15) is 24.9 Å². The normalized spacial score (nSPS) is 13.0. The summed E-state index contributed by atoms with van der Waals surface area (Å²) in [7, 11) is 0. The van der Waals surface area contributed by atoms with Gasteiger partial charge in [0.25, 0.3) is 0 Å². The van der Waals surface area contributed by atoms with Crippen LogP contribution in [-0.4, -0.2) is 0 Å². The summed E-state index contributed by atoms with van der Waals surface area (Å²) in [6.07, 6.45) is 1.10. The van der Waals surface area contributed by atoms with Crippen molar-refractivity contribution < 1.29 is 5.73 Å². The molecule has 0 aromatic heterocycles. The van der Waals surface area contributed by atoms with Crippen molar-refractivity contribution in [1.82, 2.24) is 0 Å². The fraction of sp³-hybridized carbons (Fsp3) is 0.333. The van der Waals surface area contributed by atoms with E-state index in [-0.39, 0.29) is 0 Å². The second-order valence-corrected chi connectivity index (χ2v) is 3.57. The zero-order chi connectivity index (χ0) is 8.27. The third-order valence-corrected chi connectivity index (χ3v) is 2.36. The molecule has 0 aliphatic heterocycles. The number of hydrogen-bond donors (Lipinski definition) is 1. The molecule has 3 N–H and O–H groups in total. The van der Waals surface area contributed by atoms with E-state index in [1.165, 1.54) is 5.56 Å². The second kappa shape index (κ2) is 3.88. The molecule has 0 fully saturated rings. The Balaban J connectivity index is 2.81. The molecular formula is C9H13BrN+. The number of hydrogen-bond acceptors (Lipinski definition) is 0. The summed E-state index contributed by atoms with van der Waals surface area (Å²) < 4.78 is 1.13. The first-order chi connectivity index (χ1) is 5.24. The topological polar surface area (TPSA) is 27.6 Å². The minimum absolute atomic E-state index is 0.433. The van der Waals surface area contributed by atoms with Gasteiger partial charge < -0.3 is 5.73 Å². The van der Waals surface area contributed by atoms with Crippen LogP contribution in [0.2, 0.25) is 0 Å². The van der Waals surface area contributed by atoms with Crippen LogP contribution in [0.5, 0.6) is 0 Å². The molecule has 1 aromatic carbocycles. The summed E-state index contributed by atoms with van der Waals surface area (Å²) in [6.45, 7) is 2.15. The van der Waals surface area contributed by atoms with Crippen molar-refractivity contribution in [2.45, 2.75) is 19.4 Å². The Kier molecular flexibility index (Phi) is 3.09. The largest absolute Gasteiger partial charge is 0.351 e. The first kappa shape index (κ1) is 8.75. The van der Waals surface area contributed by atoms with E-state index >= 15 is 0 Å². The highest BCUT2D eigenvalue weighted by atomic mass is 79.9. The molecule has 0 amide bonds. The average Bonchev–Trinajstić information content (AvgIpc) is 2.05. The monoisotopic (exact) mass is 214 g/mol. The van der Waals surface area contributed by atoms with Gasteiger partial charge in [-0.3, -0.25) is 0 Å². The van der Waals surface area contributed by atoms with Crippen molar-refractivity contribution in [2.24, 2.45) is 0 Å². The van der Waals surface area contributed by atoms with Crippen LogP contribution in [0.3, 0.4) is 0 Å². The molecule has 2 heteroatoms. The molecule has 1 rings (SSSR count). The molecule has 60 valence electrons. The maximum atomic E-state index is 4.04. The van der Waals surface area contributed by atoms with Crippen LogP contribution in [0.4, 0.5) is 0 Å². The van der Waals surface area contributed by atoms with Crippen molar-refractivity contribution in [3.63, 3.8) is 0 Å². The van der Waals surface area contributed by atoms with Gasteiger partial charge >= 0.3 is 0 Å². The lowest BCUT2D eigenvalue weighted by Crippen LogP contribution is -2.53. The number of quaternary nitrogens is 1. The molecule has 1 aromatic rings. The van der Waals surface area contributed by atoms with Gasteiger partial charge in [-0.05, 0) is 12.1 Å². The molecule has 11 heavy (non-hydrogen) atoms. The van der Waals surface area contributed by atoms with Crippen molar-refractivity contribution in [3.8, 4) is 0 Å². The summed E-state index contributed by atoms with van der Waals surface area (Å²) in [6, 6.07) is 8.78. The Morgan fingerprint density at radius 2 is 1.91 bits per heavy atom. The van der Waals surface area contributed by atoms with Crippen molar-refractivity contribution >= 4 is 15.9 Å². The molecule has 0 saturated carbocycles. The first-order valence-corrected chi connectivity index (χ1v) is 4.62. The summed E-state index contributed by atoms with van der Waals surface area (Å²) >= 11 is 3.40. The van der Waals surface area contributed by atoms with E-state index in [0.29, 0.717) is 6.04 Å². The maximum Gasteiger partial charge on any atom is 0.110 e. The lowest BCUT2D eigenvalue weighted by molar-refractivity contribution is -0.427. The quantitative estimate of drug-likeness (QED) is 0.782. The SMILES string of the molecule is CC[C@@H]([NH3+])c1ccc(Br)cc1. The predicted octanol–water partition coefficient (Wildman–Crippen LogP) is 2.14. The van der Waals surface area contributed by atoms with Gasteiger partial charge in [0, 0.05) is 16.5 Å². The molecule has 0 radical (unpaired) electrons. The zero-order valence-electron chi connectivity index (χ0n) is 6.68. The maximum absolute atomic E-state index is 4.04. The van der Waals surface area contributed by atoms with Gasteiger partial charge in [0.05, 0.1) is 0 Å². The van der Waals surface area contributed by atoms with E-state index in [1.807, 2.05) is 0 Å². The lowest BCUT2D eigenvalue weighted by Gasteiger charge is -2.04. The number of halogens is 1. The third kappa shape index (κ3) is 2.31. The molecular weight excluding hydrogens is 202 g/mol. The Morgan fingerprint density at radius 3 is 2.36 bits per heavy atom. The minimum atomic E-state index is 0.433. The highest BCUT2D eigenvalue weighted by Crippen LogP contribution is 2.15. The smallest absolute Gasteiger partial charge is 0.110 e. The first-order valence-electron chi connectivity index (χ1n) is 3.82. The van der Waals surface area contributed by atoms with E-state index in [1.54, 1.807) is 0 Å². The predicted molar refractivity (Wildman–Crippen MR) is 50.1 cm³/mol. The van der Waals surface area contributed by atoms with Crippen molar-refractivity contribution in [2.75, 3.05) is 0 Å². The number of rotatable bonds is 2. The van der Waals surface area contributed by atoms with E-state index in [4.69, 9.17) is 0 Å². The fourth-order valence-corrected chi connectivity index (χ4v) is 1.23. The highest BCUT2D eigenvalue weighted by molar-refractivity contribution is 9.10. The van der Waals surface area contributed by atoms with Crippen molar-refractivity contribution in [1.29, 1.82) is 0 Å². The summed E-state index contributed by atoms with van der Waals surface area (Å²) in [5.74, 6) is 0. The van der Waals surface area contributed by atoms with E-state index in [0.717, 1.165) is 10.9 Å². The van der Waals surface area contributed by atoms with Crippen LogP contribution in [0.25, 0.3) is 0 Å². The van der Waals surface area contributed by atoms with E-state index < -0.39 is 0 Å². The van der Waals surface area contributed by atoms with Gasteiger partial charge in [-0.1, -0.05) is 35.0 Å². The number of benzene rings is 1. The Morgan fingerprint density at radius 1 is 1.36 bits per heavy atom. The summed E-state index contributed by atoms with van der Waals surface area (Å²) in [4.78, 5) is 0. The molecule has 0 unspecified atom stereocenters. The van der Waals surface area contributed by atoms with Gasteiger partial charge in [-0.15, -0.1) is 0 Å². The Bertz CT molecular complexity index is 218. The van der Waals surface area contributed by atoms with Gasteiger partial charge in [0.15, 0.2) is 0 Å². The van der Waals surface area contributed by atoms with E-state index in [2.05, 4.69) is 52.9 Å². The standard InChI is InChI=1S/C9H12BrN/c1-2-9(11)7-3-5-8(10)6-4-7/h3-6,9H,2,11H2,1H3/p+1/t9-/m1/s1. The minimum Gasteiger partial charge on any atom is -0.351 e. The summed E-state index contributed by atoms with van der Waals surface area (Å²) in [5.41, 5.74) is 5.36. The highest BCUT2D eigenvalue weighted by Gasteiger charge is 2.04. The Hall–Kier alpha value is -0.340. The Labute approximate surface area is 75.7 Å². The van der Waals surface area contributed by atoms with Gasteiger partial charge in [-0.25, -0.2) is 0 Å². The van der Waals surface area contributed by atoms with Gasteiger partial charge in [0.2, 0.25) is 0 Å². The van der Waals surface area contributed by atoms with Crippen molar-refractivity contribution in [3.05, 3.63) is 34.3 Å². The third-order valence-electron chi connectivity index (χ3n) is 1.83. The van der Waals surface area contributed by atoms with Gasteiger partial charge in [-0.2, -0.15) is 0 Å². The van der Waals surface area contributed by atoms with Crippen LogP contribution < -0.4 is 5.73 Å². The molecule has 0 spiro atoms. The molecule has 0 heterocycles. The fourth-order valence-electron chi connectivity index (χ4n) is 0.971. The lowest BCUT2D eigenvalue weighted by atomic mass is 10.1. The molecule has 0 saturated heterocycles. The molecule has 1 nitrogen and oxygen atoms in total. The van der Waals surface area contributed by atoms with Gasteiger partial charge in [0.1, 0.15) is 6.04 Å². The average molecular weight is 215 g/mol. The van der Waals surface area contributed by atoms with Crippen LogP contribution >= 0.6 is 15.9 Å². The zero-order valence-corrected chi connectivity index (χ0v) is 8.26. The molecule has 0 bridgehead atoms. The second-order valence-electron chi connectivity index (χ2n) is 2.66. The summed E-state index contributed by atoms with van der Waals surface area (Å²) in [5, 5.41) is 0. The van der Waals surface area contributed by atoms with Crippen LogP contribution in [0, 0.1) is 0 Å². The van der Waals surface area contributed by atoms with Crippen LogP contribution in [-0.2, 0) is 0 Å².